The van der Waals surface area contributed by atoms with Crippen LogP contribution in [0.5, 0.6) is 5.75 Å². The number of carboxylic acids is 2. The van der Waals surface area contributed by atoms with Crippen molar-refractivity contribution in [1.82, 2.24) is 29.5 Å². The Morgan fingerprint density at radius 1 is 0.806 bits per heavy atom. The summed E-state index contributed by atoms with van der Waals surface area (Å²) in [6.45, 7) is 8.36. The maximum Gasteiger partial charge on any atom is 0.409 e. The summed E-state index contributed by atoms with van der Waals surface area (Å²) in [7, 11) is -2.62. The number of aromatic carboxylic acids is 1. The second-order valence-electron chi connectivity index (χ2n) is 30.5. The highest BCUT2D eigenvalue weighted by molar-refractivity contribution is 7.51. The number of aromatic nitrogens is 4. The first-order chi connectivity index (χ1) is 51.4. The summed E-state index contributed by atoms with van der Waals surface area (Å²) in [5.74, 6) is -3.53. The first-order valence-electron chi connectivity index (χ1n) is 36.5. The molecule has 576 valence electrons. The Kier molecular flexibility index (Phi) is 23.7. The fourth-order valence-electron chi connectivity index (χ4n) is 17.7. The Bertz CT molecular complexity index is 4500. The van der Waals surface area contributed by atoms with Crippen LogP contribution in [0.3, 0.4) is 0 Å². The highest BCUT2D eigenvalue weighted by Crippen LogP contribution is 2.72. The van der Waals surface area contributed by atoms with Crippen molar-refractivity contribution in [2.45, 2.75) is 173 Å². The predicted molar refractivity (Wildman–Crippen MR) is 397 cm³/mol. The van der Waals surface area contributed by atoms with Gasteiger partial charge >= 0.3 is 25.6 Å². The maximum atomic E-state index is 14.2. The summed E-state index contributed by atoms with van der Waals surface area (Å²) in [5.41, 5.74) is 4.49. The van der Waals surface area contributed by atoms with Gasteiger partial charge in [-0.15, -0.1) is 0 Å². The van der Waals surface area contributed by atoms with Gasteiger partial charge in [0.25, 0.3) is 17.7 Å². The number of amides is 5. The standard InChI is InChI=1S/C77H92N9O20PS/c1-46-53(51-22-24-60(81-64(51)70(95)96)84-29-27-50-54(38-84)52(21-23-57(50)103-32-12-34-107(100,101)102)69(94)82-72-80-55-16-7-8-17-59(55)108-72)37-78-86(46)45-76-40-74(2)39-75(3,41-76)43-77(42-74,44-76)105-33-30-83(4)73(99)104-31-11-13-47-19-20-48(36-58-65(91)66(92)67(93)68(106-58)71(97)98)56(35-47)79-61(88)18-10-15-49(87)14-6-5-9-28-85-62(89)25-26-63(85)90/h7-8,11,13,16-17,19-26,35,37,58,65-68,91-93H,5-6,9-10,12,14-15,18,27-34,36,38-45H2,1-4H3,(H,79,88)(H,95,96)(H,97,98)(H,80,82,94)(H2,100,101,102)/b13-11+/t58-,65+,66+,67-,68-,74?,75?,76?,77?/m0/s1. The zero-order chi connectivity index (χ0) is 77.0. The molecule has 3 aromatic carbocycles. The van der Waals surface area contributed by atoms with E-state index in [0.29, 0.717) is 88.9 Å². The number of imide groups is 1. The molecular formula is C77H92N9O20PS. The zero-order valence-corrected chi connectivity index (χ0v) is 62.4. The molecule has 108 heavy (non-hydrogen) atoms. The number of hydrogen-bond acceptors (Lipinski definition) is 21. The van der Waals surface area contributed by atoms with E-state index in [9.17, 15) is 78.2 Å². The smallest absolute Gasteiger partial charge is 0.409 e. The third-order valence-electron chi connectivity index (χ3n) is 21.6. The van der Waals surface area contributed by atoms with E-state index in [1.807, 2.05) is 40.8 Å². The van der Waals surface area contributed by atoms with Gasteiger partial charge in [0.2, 0.25) is 5.91 Å². The molecule has 31 heteroatoms. The molecule has 3 aliphatic heterocycles. The van der Waals surface area contributed by atoms with Crippen LogP contribution in [0.4, 0.5) is 21.4 Å². The molecule has 0 radical (unpaired) electrons. The monoisotopic (exact) mass is 1530 g/mol. The molecule has 1 saturated heterocycles. The number of unbranched alkanes of at least 4 members (excludes halogenated alkanes) is 2. The SMILES string of the molecule is Cc1c(-c2ccc(N3CCc4c(OCCCP(=O)(O)O)ccc(C(=O)Nc5nc6ccccc6s5)c4C3)nc2C(=O)O)cnn1CC12CC3(C)CC(C)(C1)CC(OCCN(C)C(=O)OC/C=C/c1ccc(C[C@@H]4O[C@H](C(=O)O)[C@@H](O)[C@H](O)[C@@H]4O)c(NC(=O)CCCC(=O)CCCCCN4C(=O)C=CC4=O)c1)(C3)C2. The fraction of sp³-hybridized carbons (Fsp3) is 0.494. The number of nitrogens with one attached hydrogen (secondary N) is 2. The molecule has 5 fully saturated rings. The minimum Gasteiger partial charge on any atom is -0.493 e. The maximum absolute atomic E-state index is 14.2. The molecule has 6 heterocycles. The van der Waals surface area contributed by atoms with Crippen LogP contribution in [0, 0.1) is 23.2 Å². The first kappa shape index (κ1) is 78.5. The number of thiazole rings is 1. The van der Waals surface area contributed by atoms with Gasteiger partial charge in [0.1, 0.15) is 42.3 Å². The molecular weight excluding hydrogens is 1430 g/mol. The van der Waals surface area contributed by atoms with Gasteiger partial charge in [-0.25, -0.2) is 24.4 Å². The van der Waals surface area contributed by atoms with Crippen molar-refractivity contribution < 1.29 is 97.2 Å². The topological polar surface area (TPSA) is 410 Å². The van der Waals surface area contributed by atoms with E-state index in [2.05, 4.69) is 29.5 Å². The molecule has 4 aliphatic carbocycles. The number of pyridine rings is 1. The number of benzene rings is 3. The number of aliphatic carboxylic acids is 1. The number of likely N-dealkylation sites (N-methyl/N-ethyl adjacent to an activating group) is 1. The molecule has 5 amide bonds. The second-order valence-corrected chi connectivity index (χ2v) is 33.3. The number of carbonyl (C=O) groups is 8. The van der Waals surface area contributed by atoms with Gasteiger partial charge in [-0.05, 0) is 159 Å². The lowest BCUT2D eigenvalue weighted by atomic mass is 9.39. The fourth-order valence-corrected chi connectivity index (χ4v) is 19.1. The average molecular weight is 1530 g/mol. The number of Topliss-reactive ketones (excluding diaryl/α,β-unsaturated/α-hetero) is 1. The van der Waals surface area contributed by atoms with Crippen molar-refractivity contribution in [2.75, 3.05) is 68.2 Å². The first-order valence-corrected chi connectivity index (χ1v) is 39.1. The summed E-state index contributed by atoms with van der Waals surface area (Å²) in [6, 6.07) is 19.3. The predicted octanol–water partition coefficient (Wildman–Crippen LogP) is 8.88. The number of ether oxygens (including phenoxy) is 4. The van der Waals surface area contributed by atoms with E-state index in [-0.39, 0.29) is 129 Å². The number of carbonyl (C=O) groups excluding carboxylic acids is 6. The Labute approximate surface area is 627 Å². The van der Waals surface area contributed by atoms with Crippen molar-refractivity contribution >= 4 is 99.3 Å². The van der Waals surface area contributed by atoms with E-state index >= 15 is 0 Å². The lowest BCUT2D eigenvalue weighted by Crippen LogP contribution is -2.64. The molecule has 4 bridgehead atoms. The van der Waals surface area contributed by atoms with E-state index in [1.165, 1.54) is 28.4 Å². The molecule has 13 rings (SSSR count). The summed E-state index contributed by atoms with van der Waals surface area (Å²) >= 11 is 1.34. The second kappa shape index (κ2) is 32.6. The molecule has 7 atom stereocenters. The summed E-state index contributed by atoms with van der Waals surface area (Å²) < 4.78 is 38.8. The molecule has 4 saturated carbocycles. The van der Waals surface area contributed by atoms with Gasteiger partial charge in [-0.2, -0.15) is 5.10 Å². The molecule has 2 unspecified atom stereocenters. The van der Waals surface area contributed by atoms with Gasteiger partial charge < -0.3 is 69.4 Å². The number of hydrogen-bond donors (Lipinski definition) is 9. The van der Waals surface area contributed by atoms with Crippen molar-refractivity contribution in [1.29, 1.82) is 0 Å². The van der Waals surface area contributed by atoms with Gasteiger partial charge in [0.15, 0.2) is 16.9 Å². The average Bonchev–Trinajstić information content (AvgIpc) is 0.830. The number of para-hydroxylation sites is 1. The third kappa shape index (κ3) is 18.3. The van der Waals surface area contributed by atoms with Gasteiger partial charge in [0, 0.05) is 111 Å². The van der Waals surface area contributed by atoms with Crippen LogP contribution in [0.25, 0.3) is 27.4 Å². The summed E-state index contributed by atoms with van der Waals surface area (Å²) in [4.78, 5) is 136. The van der Waals surface area contributed by atoms with Gasteiger partial charge in [-0.1, -0.05) is 61.9 Å². The minimum atomic E-state index is -4.25. The zero-order valence-electron chi connectivity index (χ0n) is 60.7. The van der Waals surface area contributed by atoms with Crippen molar-refractivity contribution in [3.8, 4) is 16.9 Å². The van der Waals surface area contributed by atoms with E-state index in [4.69, 9.17) is 29.0 Å². The van der Waals surface area contributed by atoms with Crippen LogP contribution >= 0.6 is 18.9 Å². The van der Waals surface area contributed by atoms with Crippen LogP contribution in [0.1, 0.15) is 153 Å². The quantitative estimate of drug-likeness (QED) is 0.0105. The number of rotatable bonds is 33. The van der Waals surface area contributed by atoms with E-state index < -0.39 is 73.6 Å². The number of ketones is 1. The molecule has 6 aromatic rings. The number of aliphatic hydroxyl groups excluding tert-OH is 3. The summed E-state index contributed by atoms with van der Waals surface area (Å²) in [6.07, 6.45) is 5.92. The van der Waals surface area contributed by atoms with Crippen molar-refractivity contribution in [3.05, 3.63) is 130 Å². The lowest BCUT2D eigenvalue weighted by Gasteiger charge is -2.69. The van der Waals surface area contributed by atoms with Crippen LogP contribution in [0.2, 0.25) is 0 Å². The Morgan fingerprint density at radius 2 is 1.56 bits per heavy atom. The van der Waals surface area contributed by atoms with Gasteiger partial charge in [0.05, 0.1) is 47.5 Å². The number of anilines is 3. The van der Waals surface area contributed by atoms with Crippen molar-refractivity contribution in [3.63, 3.8) is 0 Å². The number of nitrogens with zero attached hydrogens (tertiary/aromatic N) is 7. The normalized spacial score (nSPS) is 24.4. The van der Waals surface area contributed by atoms with E-state index in [1.54, 1.807) is 67.9 Å². The van der Waals surface area contributed by atoms with Crippen LogP contribution in [-0.4, -0.2) is 201 Å². The van der Waals surface area contributed by atoms with Crippen LogP contribution in [-0.2, 0) is 68.7 Å². The Balaban J connectivity index is 0.661. The Morgan fingerprint density at radius 3 is 2.29 bits per heavy atom. The largest absolute Gasteiger partial charge is 0.493 e. The highest BCUT2D eigenvalue weighted by Gasteiger charge is 2.66. The van der Waals surface area contributed by atoms with Gasteiger partial charge in [-0.3, -0.25) is 43.4 Å². The van der Waals surface area contributed by atoms with Crippen LogP contribution < -0.4 is 20.3 Å². The third-order valence-corrected chi connectivity index (χ3v) is 23.4. The van der Waals surface area contributed by atoms with Crippen LogP contribution in [0.15, 0.2) is 91.2 Å². The molecule has 7 aliphatic rings. The minimum absolute atomic E-state index is 0.0367. The van der Waals surface area contributed by atoms with Crippen molar-refractivity contribution in [2.24, 2.45) is 16.2 Å². The highest BCUT2D eigenvalue weighted by atomic mass is 32.1. The molecule has 29 nitrogen and oxygen atoms in total. The summed E-state index contributed by atoms with van der Waals surface area (Å²) in [5, 5.41) is 63.5. The lowest BCUT2D eigenvalue weighted by molar-refractivity contribution is -0.248. The molecule has 9 N–H and O–H groups in total. The van der Waals surface area contributed by atoms with E-state index in [0.717, 1.165) is 64.9 Å². The molecule has 0 spiro atoms. The Hall–Kier alpha value is -9.10. The number of aliphatic hydroxyl groups is 3. The molecule has 3 aromatic heterocycles. The number of fused-ring (bicyclic) bond motifs is 2. The number of carboxylic acid groups (broad SMARTS) is 2.